The lowest BCUT2D eigenvalue weighted by molar-refractivity contribution is -0.149. The fourth-order valence-corrected chi connectivity index (χ4v) is 3.49. The second kappa shape index (κ2) is 6.64. The normalized spacial score (nSPS) is 18.0. The number of carboxylic acids is 1. The molecule has 5 nitrogen and oxygen atoms in total. The molecule has 116 valence electrons. The summed E-state index contributed by atoms with van der Waals surface area (Å²) in [6.07, 6.45) is 7.06. The maximum absolute atomic E-state index is 12.2. The summed E-state index contributed by atoms with van der Waals surface area (Å²) < 4.78 is 2.55. The van der Waals surface area contributed by atoms with Gasteiger partial charge in [0.15, 0.2) is 0 Å². The Hall–Kier alpha value is -1.30. The van der Waals surface area contributed by atoms with Gasteiger partial charge < -0.3 is 15.0 Å². The predicted octanol–water partition coefficient (Wildman–Crippen LogP) is 2.94. The van der Waals surface area contributed by atoms with E-state index < -0.39 is 11.4 Å². The van der Waals surface area contributed by atoms with Gasteiger partial charge in [-0.05, 0) is 34.8 Å². The minimum atomic E-state index is -0.811. The van der Waals surface area contributed by atoms with Gasteiger partial charge in [0.05, 0.1) is 5.41 Å². The van der Waals surface area contributed by atoms with E-state index in [1.54, 1.807) is 23.9 Å². The maximum atomic E-state index is 12.2. The third-order valence-corrected chi connectivity index (χ3v) is 4.74. The molecular formula is C15H21BrN2O3. The van der Waals surface area contributed by atoms with Gasteiger partial charge >= 0.3 is 5.97 Å². The van der Waals surface area contributed by atoms with E-state index in [1.165, 1.54) is 0 Å². The van der Waals surface area contributed by atoms with E-state index in [-0.39, 0.29) is 12.5 Å². The zero-order valence-electron chi connectivity index (χ0n) is 12.2. The van der Waals surface area contributed by atoms with Crippen LogP contribution in [0.1, 0.15) is 49.0 Å². The molecule has 1 fully saturated rings. The van der Waals surface area contributed by atoms with E-state index in [2.05, 4.69) is 21.2 Å². The van der Waals surface area contributed by atoms with Crippen LogP contribution >= 0.6 is 15.9 Å². The summed E-state index contributed by atoms with van der Waals surface area (Å²) in [7, 11) is 1.79. The Bertz CT molecular complexity index is 531. The fourth-order valence-electron chi connectivity index (χ4n) is 2.96. The zero-order valence-corrected chi connectivity index (χ0v) is 13.8. The molecule has 1 amide bonds. The molecule has 1 aromatic heterocycles. The summed E-state index contributed by atoms with van der Waals surface area (Å²) in [6.45, 7) is 0.198. The number of carbonyl (C=O) groups excluding carboxylic acids is 1. The molecule has 1 aliphatic carbocycles. The molecule has 2 N–H and O–H groups in total. The van der Waals surface area contributed by atoms with Gasteiger partial charge in [0.2, 0.25) is 0 Å². The number of carboxylic acid groups (broad SMARTS) is 1. The van der Waals surface area contributed by atoms with Crippen LogP contribution in [0.3, 0.4) is 0 Å². The van der Waals surface area contributed by atoms with Gasteiger partial charge in [-0.15, -0.1) is 0 Å². The molecule has 6 heteroatoms. The number of hydrogen-bond acceptors (Lipinski definition) is 2. The van der Waals surface area contributed by atoms with Crippen LogP contribution in [0.25, 0.3) is 0 Å². The number of hydrogen-bond donors (Lipinski definition) is 2. The second-order valence-corrected chi connectivity index (χ2v) is 6.75. The Kier molecular flexibility index (Phi) is 5.08. The first-order valence-corrected chi connectivity index (χ1v) is 8.07. The number of amides is 1. The standard InChI is InChI=1S/C15H21BrN2O3/c1-18-9-11(16)8-12(18)13(19)17-10-15(14(20)21)6-4-2-3-5-7-15/h8-9H,2-7,10H2,1H3,(H,17,19)(H,20,21). The highest BCUT2D eigenvalue weighted by Crippen LogP contribution is 2.35. The summed E-state index contributed by atoms with van der Waals surface area (Å²) in [4.78, 5) is 23.9. The number of nitrogens with one attached hydrogen (secondary N) is 1. The van der Waals surface area contributed by atoms with Crippen molar-refractivity contribution in [2.45, 2.75) is 38.5 Å². The fraction of sp³-hybridized carbons (Fsp3) is 0.600. The van der Waals surface area contributed by atoms with Crippen molar-refractivity contribution in [2.75, 3.05) is 6.54 Å². The van der Waals surface area contributed by atoms with Gasteiger partial charge in [-0.25, -0.2) is 0 Å². The molecule has 0 aromatic carbocycles. The summed E-state index contributed by atoms with van der Waals surface area (Å²) in [5, 5.41) is 12.4. The number of halogens is 1. The van der Waals surface area contributed by atoms with Gasteiger partial charge in [0.25, 0.3) is 5.91 Å². The van der Waals surface area contributed by atoms with Gasteiger partial charge in [0.1, 0.15) is 5.69 Å². The lowest BCUT2D eigenvalue weighted by Gasteiger charge is -2.28. The average Bonchev–Trinajstić information content (AvgIpc) is 2.65. The van der Waals surface area contributed by atoms with Crippen LogP contribution in [0.15, 0.2) is 16.7 Å². The number of rotatable bonds is 4. The Labute approximate surface area is 132 Å². The summed E-state index contributed by atoms with van der Waals surface area (Å²) in [5.74, 6) is -1.02. The number of aromatic nitrogens is 1. The van der Waals surface area contributed by atoms with Crippen molar-refractivity contribution in [3.63, 3.8) is 0 Å². The second-order valence-electron chi connectivity index (χ2n) is 5.84. The molecule has 1 heterocycles. The van der Waals surface area contributed by atoms with Crippen molar-refractivity contribution in [2.24, 2.45) is 12.5 Å². The van der Waals surface area contributed by atoms with E-state index >= 15 is 0 Å². The third kappa shape index (κ3) is 3.67. The van der Waals surface area contributed by atoms with Crippen molar-refractivity contribution >= 4 is 27.8 Å². The minimum Gasteiger partial charge on any atom is -0.481 e. The van der Waals surface area contributed by atoms with Crippen molar-refractivity contribution in [3.8, 4) is 0 Å². The lowest BCUT2D eigenvalue weighted by atomic mass is 9.80. The van der Waals surface area contributed by atoms with Crippen molar-refractivity contribution in [3.05, 3.63) is 22.4 Å². The number of nitrogens with zero attached hydrogens (tertiary/aromatic N) is 1. The molecule has 1 aromatic rings. The van der Waals surface area contributed by atoms with E-state index in [4.69, 9.17) is 0 Å². The molecule has 1 saturated carbocycles. The molecule has 0 atom stereocenters. The summed E-state index contributed by atoms with van der Waals surface area (Å²) in [5.41, 5.74) is -0.287. The number of aliphatic carboxylic acids is 1. The highest BCUT2D eigenvalue weighted by atomic mass is 79.9. The van der Waals surface area contributed by atoms with E-state index in [1.807, 2.05) is 0 Å². The maximum Gasteiger partial charge on any atom is 0.311 e. The van der Waals surface area contributed by atoms with E-state index in [0.29, 0.717) is 18.5 Å². The van der Waals surface area contributed by atoms with Crippen LogP contribution in [0.5, 0.6) is 0 Å². The molecule has 0 saturated heterocycles. The topological polar surface area (TPSA) is 71.3 Å². The van der Waals surface area contributed by atoms with Crippen LogP contribution < -0.4 is 5.32 Å². The number of aryl methyl sites for hydroxylation is 1. The molecule has 0 bridgehead atoms. The highest BCUT2D eigenvalue weighted by Gasteiger charge is 2.39. The van der Waals surface area contributed by atoms with Gasteiger partial charge in [-0.3, -0.25) is 9.59 Å². The lowest BCUT2D eigenvalue weighted by Crippen LogP contribution is -2.43. The highest BCUT2D eigenvalue weighted by molar-refractivity contribution is 9.10. The van der Waals surface area contributed by atoms with Crippen LogP contribution in [0, 0.1) is 5.41 Å². The summed E-state index contributed by atoms with van der Waals surface area (Å²) >= 11 is 3.33. The monoisotopic (exact) mass is 356 g/mol. The minimum absolute atomic E-state index is 0.198. The van der Waals surface area contributed by atoms with Crippen LogP contribution in [-0.4, -0.2) is 28.1 Å². The van der Waals surface area contributed by atoms with Gasteiger partial charge in [-0.2, -0.15) is 0 Å². The van der Waals surface area contributed by atoms with Crippen molar-refractivity contribution in [1.82, 2.24) is 9.88 Å². The first-order valence-electron chi connectivity index (χ1n) is 7.28. The molecule has 0 spiro atoms. The SMILES string of the molecule is Cn1cc(Br)cc1C(=O)NCC1(C(=O)O)CCCCCC1. The molecule has 2 rings (SSSR count). The molecule has 21 heavy (non-hydrogen) atoms. The summed E-state index contributed by atoms with van der Waals surface area (Å²) in [6, 6.07) is 1.73. The first-order chi connectivity index (χ1) is 9.94. The Balaban J connectivity index is 2.06. The zero-order chi connectivity index (χ0) is 15.5. The van der Waals surface area contributed by atoms with Crippen LogP contribution in [0.2, 0.25) is 0 Å². The van der Waals surface area contributed by atoms with Gasteiger partial charge in [-0.1, -0.05) is 25.7 Å². The largest absolute Gasteiger partial charge is 0.481 e. The molecule has 1 aliphatic rings. The van der Waals surface area contributed by atoms with Crippen molar-refractivity contribution < 1.29 is 14.7 Å². The predicted molar refractivity (Wildman–Crippen MR) is 83.2 cm³/mol. The molecule has 0 radical (unpaired) electrons. The Morgan fingerprint density at radius 3 is 2.43 bits per heavy atom. The molecule has 0 unspecified atom stereocenters. The third-order valence-electron chi connectivity index (χ3n) is 4.31. The van der Waals surface area contributed by atoms with E-state index in [0.717, 1.165) is 30.2 Å². The Morgan fingerprint density at radius 1 is 1.33 bits per heavy atom. The Morgan fingerprint density at radius 2 is 1.95 bits per heavy atom. The van der Waals surface area contributed by atoms with E-state index in [9.17, 15) is 14.7 Å². The smallest absolute Gasteiger partial charge is 0.311 e. The van der Waals surface area contributed by atoms with Crippen LogP contribution in [-0.2, 0) is 11.8 Å². The molecule has 0 aliphatic heterocycles. The van der Waals surface area contributed by atoms with Crippen LogP contribution in [0.4, 0.5) is 0 Å². The molecular weight excluding hydrogens is 336 g/mol. The number of carbonyl (C=O) groups is 2. The average molecular weight is 357 g/mol. The van der Waals surface area contributed by atoms with Gasteiger partial charge in [0, 0.05) is 24.3 Å². The first kappa shape index (κ1) is 16.1. The van der Waals surface area contributed by atoms with Crippen molar-refractivity contribution in [1.29, 1.82) is 0 Å². The quantitative estimate of drug-likeness (QED) is 0.814.